The monoisotopic (exact) mass is 277 g/mol. The Morgan fingerprint density at radius 3 is 2.35 bits per heavy atom. The van der Waals surface area contributed by atoms with Crippen LogP contribution in [0.4, 0.5) is 0 Å². The predicted molar refractivity (Wildman–Crippen MR) is 79.1 cm³/mol. The molecule has 0 aliphatic rings. The van der Waals surface area contributed by atoms with E-state index in [0.717, 1.165) is 12.0 Å². The van der Waals surface area contributed by atoms with Crippen LogP contribution in [-0.4, -0.2) is 24.9 Å². The average molecular weight is 277 g/mol. The topological polar surface area (TPSA) is 84.2 Å². The van der Waals surface area contributed by atoms with Crippen LogP contribution in [-0.2, 0) is 11.3 Å². The van der Waals surface area contributed by atoms with Crippen molar-refractivity contribution in [3.63, 3.8) is 0 Å². The Hall–Kier alpha value is -1.88. The van der Waals surface area contributed by atoms with Crippen LogP contribution in [0.1, 0.15) is 36.2 Å². The van der Waals surface area contributed by atoms with Crippen molar-refractivity contribution in [1.29, 1.82) is 0 Å². The van der Waals surface area contributed by atoms with Crippen LogP contribution in [0.15, 0.2) is 24.3 Å². The molecular formula is C15H23N3O2. The summed E-state index contributed by atoms with van der Waals surface area (Å²) in [4.78, 5) is 23.2. The number of hydrogen-bond acceptors (Lipinski definition) is 3. The van der Waals surface area contributed by atoms with Crippen LogP contribution >= 0.6 is 0 Å². The van der Waals surface area contributed by atoms with Gasteiger partial charge in [0.2, 0.25) is 5.91 Å². The number of nitrogens with one attached hydrogen (secondary N) is 2. The van der Waals surface area contributed by atoms with Gasteiger partial charge in [0.15, 0.2) is 0 Å². The summed E-state index contributed by atoms with van der Waals surface area (Å²) in [6, 6.07) is 7.21. The van der Waals surface area contributed by atoms with Crippen molar-refractivity contribution in [1.82, 2.24) is 10.6 Å². The van der Waals surface area contributed by atoms with Crippen molar-refractivity contribution in [2.75, 3.05) is 13.1 Å². The summed E-state index contributed by atoms with van der Waals surface area (Å²) in [6.45, 7) is 5.33. The van der Waals surface area contributed by atoms with E-state index in [1.54, 1.807) is 12.1 Å². The van der Waals surface area contributed by atoms with Crippen LogP contribution in [0.3, 0.4) is 0 Å². The molecular weight excluding hydrogens is 254 g/mol. The molecule has 1 rings (SSSR count). The third kappa shape index (κ3) is 5.40. The molecule has 0 unspecified atom stereocenters. The van der Waals surface area contributed by atoms with Gasteiger partial charge >= 0.3 is 0 Å². The summed E-state index contributed by atoms with van der Waals surface area (Å²) in [5.74, 6) is -0.104. The van der Waals surface area contributed by atoms with Crippen molar-refractivity contribution in [2.24, 2.45) is 11.7 Å². The van der Waals surface area contributed by atoms with Crippen LogP contribution in [0.25, 0.3) is 0 Å². The summed E-state index contributed by atoms with van der Waals surface area (Å²) in [5.41, 5.74) is 6.95. The molecule has 110 valence electrons. The summed E-state index contributed by atoms with van der Waals surface area (Å²) in [6.07, 6.45) is 0.769. The summed E-state index contributed by atoms with van der Waals surface area (Å²) in [5, 5.41) is 5.63. The third-order valence-electron chi connectivity index (χ3n) is 2.87. The molecule has 0 atom stereocenters. The van der Waals surface area contributed by atoms with Crippen LogP contribution in [0.5, 0.6) is 0 Å². The fourth-order valence-electron chi connectivity index (χ4n) is 1.57. The Morgan fingerprint density at radius 1 is 1.15 bits per heavy atom. The van der Waals surface area contributed by atoms with E-state index in [1.165, 1.54) is 0 Å². The second-order valence-electron chi connectivity index (χ2n) is 4.97. The average Bonchev–Trinajstić information content (AvgIpc) is 2.45. The van der Waals surface area contributed by atoms with Gasteiger partial charge in [0.05, 0.1) is 0 Å². The standard InChI is InChI=1S/C15H23N3O2/c1-11(2)14(19)18-10-12-4-6-13(7-5-12)15(20)17-9-3-8-16/h4-7,11H,3,8-10,16H2,1-2H3,(H,17,20)(H,18,19). The molecule has 20 heavy (non-hydrogen) atoms. The molecule has 1 aromatic rings. The molecule has 0 saturated carbocycles. The van der Waals surface area contributed by atoms with E-state index in [2.05, 4.69) is 10.6 Å². The zero-order valence-corrected chi connectivity index (χ0v) is 12.1. The van der Waals surface area contributed by atoms with E-state index in [0.29, 0.717) is 25.2 Å². The van der Waals surface area contributed by atoms with Gasteiger partial charge in [-0.15, -0.1) is 0 Å². The van der Waals surface area contributed by atoms with Gasteiger partial charge < -0.3 is 16.4 Å². The highest BCUT2D eigenvalue weighted by atomic mass is 16.2. The SMILES string of the molecule is CC(C)C(=O)NCc1ccc(C(=O)NCCCN)cc1. The van der Waals surface area contributed by atoms with Gasteiger partial charge in [0, 0.05) is 24.6 Å². The Bertz CT molecular complexity index is 441. The maximum Gasteiger partial charge on any atom is 0.251 e. The Balaban J connectivity index is 2.47. The Morgan fingerprint density at radius 2 is 1.80 bits per heavy atom. The normalized spacial score (nSPS) is 10.4. The maximum absolute atomic E-state index is 11.8. The highest BCUT2D eigenvalue weighted by Gasteiger charge is 2.07. The van der Waals surface area contributed by atoms with E-state index in [9.17, 15) is 9.59 Å². The molecule has 5 heteroatoms. The number of rotatable bonds is 7. The molecule has 0 saturated heterocycles. The second kappa shape index (κ2) is 8.32. The van der Waals surface area contributed by atoms with E-state index < -0.39 is 0 Å². The third-order valence-corrected chi connectivity index (χ3v) is 2.87. The second-order valence-corrected chi connectivity index (χ2v) is 4.97. The number of benzene rings is 1. The number of hydrogen-bond donors (Lipinski definition) is 3. The first-order chi connectivity index (χ1) is 9.54. The molecule has 0 aromatic heterocycles. The zero-order valence-electron chi connectivity index (χ0n) is 12.1. The molecule has 0 fully saturated rings. The smallest absolute Gasteiger partial charge is 0.251 e. The summed E-state index contributed by atoms with van der Waals surface area (Å²) >= 11 is 0. The molecule has 0 heterocycles. The van der Waals surface area contributed by atoms with Gasteiger partial charge in [-0.1, -0.05) is 26.0 Å². The minimum atomic E-state index is -0.101. The van der Waals surface area contributed by atoms with Crippen molar-refractivity contribution in [3.8, 4) is 0 Å². The molecule has 2 amide bonds. The molecule has 5 nitrogen and oxygen atoms in total. The van der Waals surface area contributed by atoms with Gasteiger partial charge in [-0.3, -0.25) is 9.59 Å². The van der Waals surface area contributed by atoms with Crippen molar-refractivity contribution >= 4 is 11.8 Å². The molecule has 0 radical (unpaired) electrons. The van der Waals surface area contributed by atoms with Crippen molar-refractivity contribution in [2.45, 2.75) is 26.8 Å². The van der Waals surface area contributed by atoms with Crippen LogP contribution < -0.4 is 16.4 Å². The van der Waals surface area contributed by atoms with Crippen molar-refractivity contribution in [3.05, 3.63) is 35.4 Å². The number of carbonyl (C=O) groups is 2. The lowest BCUT2D eigenvalue weighted by Gasteiger charge is -2.08. The Labute approximate surface area is 119 Å². The highest BCUT2D eigenvalue weighted by Crippen LogP contribution is 2.05. The van der Waals surface area contributed by atoms with E-state index in [4.69, 9.17) is 5.73 Å². The maximum atomic E-state index is 11.8. The minimum Gasteiger partial charge on any atom is -0.352 e. The fourth-order valence-corrected chi connectivity index (χ4v) is 1.57. The van der Waals surface area contributed by atoms with E-state index in [1.807, 2.05) is 26.0 Å². The largest absolute Gasteiger partial charge is 0.352 e. The minimum absolute atomic E-state index is 0.0219. The van der Waals surface area contributed by atoms with Gasteiger partial charge in [0.25, 0.3) is 5.91 Å². The van der Waals surface area contributed by atoms with Crippen LogP contribution in [0, 0.1) is 5.92 Å². The predicted octanol–water partition coefficient (Wildman–Crippen LogP) is 1.04. The molecule has 1 aromatic carbocycles. The molecule has 4 N–H and O–H groups in total. The lowest BCUT2D eigenvalue weighted by Crippen LogP contribution is -2.27. The number of carbonyl (C=O) groups excluding carboxylic acids is 2. The lowest BCUT2D eigenvalue weighted by molar-refractivity contribution is -0.124. The molecule has 0 aliphatic heterocycles. The van der Waals surface area contributed by atoms with Crippen molar-refractivity contribution < 1.29 is 9.59 Å². The molecule has 0 spiro atoms. The Kier molecular flexibility index (Phi) is 6.73. The number of amides is 2. The molecule has 0 bridgehead atoms. The zero-order chi connectivity index (χ0) is 15.0. The van der Waals surface area contributed by atoms with Gasteiger partial charge in [0.1, 0.15) is 0 Å². The van der Waals surface area contributed by atoms with Gasteiger partial charge in [-0.2, -0.15) is 0 Å². The fraction of sp³-hybridized carbons (Fsp3) is 0.467. The lowest BCUT2D eigenvalue weighted by atomic mass is 10.1. The first kappa shape index (κ1) is 16.2. The van der Waals surface area contributed by atoms with Gasteiger partial charge in [-0.25, -0.2) is 0 Å². The van der Waals surface area contributed by atoms with Gasteiger partial charge in [-0.05, 0) is 30.7 Å². The van der Waals surface area contributed by atoms with E-state index >= 15 is 0 Å². The summed E-state index contributed by atoms with van der Waals surface area (Å²) in [7, 11) is 0. The first-order valence-electron chi connectivity index (χ1n) is 6.89. The highest BCUT2D eigenvalue weighted by molar-refractivity contribution is 5.94. The van der Waals surface area contributed by atoms with Crippen LogP contribution in [0.2, 0.25) is 0 Å². The molecule has 0 aliphatic carbocycles. The first-order valence-corrected chi connectivity index (χ1v) is 6.89. The summed E-state index contributed by atoms with van der Waals surface area (Å²) < 4.78 is 0. The van der Waals surface area contributed by atoms with E-state index in [-0.39, 0.29) is 17.7 Å². The number of nitrogens with two attached hydrogens (primary N) is 1. The quantitative estimate of drug-likeness (QED) is 0.651.